The molecule has 0 fully saturated rings. The monoisotopic (exact) mass is 365 g/mol. The van der Waals surface area contributed by atoms with Crippen LogP contribution in [-0.2, 0) is 9.53 Å². The number of nitrogens with zero attached hydrogens (tertiary/aromatic N) is 1. The second-order valence-electron chi connectivity index (χ2n) is 5.31. The van der Waals surface area contributed by atoms with E-state index in [0.717, 1.165) is 18.7 Å². The lowest BCUT2D eigenvalue weighted by atomic mass is 9.95. The molecule has 1 aromatic rings. The van der Waals surface area contributed by atoms with Gasteiger partial charge in [-0.25, -0.2) is 0 Å². The van der Waals surface area contributed by atoms with E-state index in [1.807, 2.05) is 44.3 Å². The minimum absolute atomic E-state index is 0. The first kappa shape index (κ1) is 24.4. The van der Waals surface area contributed by atoms with Crippen LogP contribution in [0.15, 0.2) is 30.3 Å². The Morgan fingerprint density at radius 2 is 1.87 bits per heavy atom. The van der Waals surface area contributed by atoms with E-state index in [0.29, 0.717) is 13.2 Å². The lowest BCUT2D eigenvalue weighted by Gasteiger charge is -2.21. The van der Waals surface area contributed by atoms with Gasteiger partial charge in [0.05, 0.1) is 12.5 Å². The highest BCUT2D eigenvalue weighted by atomic mass is 35.5. The van der Waals surface area contributed by atoms with Crippen molar-refractivity contribution >= 4 is 30.7 Å². The van der Waals surface area contributed by atoms with Gasteiger partial charge in [-0.3, -0.25) is 4.79 Å². The summed E-state index contributed by atoms with van der Waals surface area (Å²) in [6.45, 7) is 4.82. The first-order valence-electron chi connectivity index (χ1n) is 7.32. The lowest BCUT2D eigenvalue weighted by Crippen LogP contribution is -2.39. The van der Waals surface area contributed by atoms with Gasteiger partial charge in [-0.2, -0.15) is 0 Å². The lowest BCUT2D eigenvalue weighted by molar-refractivity contribution is -0.125. The second kappa shape index (κ2) is 13.6. The maximum Gasteiger partial charge on any atom is 0.224 e. The largest absolute Gasteiger partial charge is 0.383 e. The molecular weight excluding hydrogens is 337 g/mol. The Kier molecular flexibility index (Phi) is 14.4. The van der Waals surface area contributed by atoms with Gasteiger partial charge >= 0.3 is 0 Å². The SMILES string of the molecule is COCCN(C)CCNC(=O)C(C)C(N)c1ccccc1.Cl.Cl. The highest BCUT2D eigenvalue weighted by Crippen LogP contribution is 2.18. The van der Waals surface area contributed by atoms with Crippen LogP contribution < -0.4 is 11.1 Å². The summed E-state index contributed by atoms with van der Waals surface area (Å²) in [6, 6.07) is 9.43. The summed E-state index contributed by atoms with van der Waals surface area (Å²) >= 11 is 0. The average molecular weight is 366 g/mol. The molecule has 7 heteroatoms. The number of likely N-dealkylation sites (N-methyl/N-ethyl adjacent to an activating group) is 1. The van der Waals surface area contributed by atoms with Crippen molar-refractivity contribution in [1.82, 2.24) is 10.2 Å². The van der Waals surface area contributed by atoms with Crippen LogP contribution in [0.25, 0.3) is 0 Å². The predicted molar refractivity (Wildman–Crippen MR) is 99.4 cm³/mol. The molecule has 0 aliphatic rings. The summed E-state index contributed by atoms with van der Waals surface area (Å²) in [6.07, 6.45) is 0. The topological polar surface area (TPSA) is 67.6 Å². The van der Waals surface area contributed by atoms with Crippen molar-refractivity contribution in [3.63, 3.8) is 0 Å². The molecule has 0 saturated heterocycles. The van der Waals surface area contributed by atoms with Gasteiger partial charge in [0.2, 0.25) is 5.91 Å². The van der Waals surface area contributed by atoms with Crippen LogP contribution in [0.5, 0.6) is 0 Å². The average Bonchev–Trinajstić information content (AvgIpc) is 2.52. The van der Waals surface area contributed by atoms with E-state index in [1.54, 1.807) is 7.11 Å². The van der Waals surface area contributed by atoms with Crippen LogP contribution in [0.2, 0.25) is 0 Å². The number of halogens is 2. The maximum absolute atomic E-state index is 12.1. The molecule has 134 valence electrons. The summed E-state index contributed by atoms with van der Waals surface area (Å²) in [5, 5.41) is 2.94. The summed E-state index contributed by atoms with van der Waals surface area (Å²) in [5.41, 5.74) is 7.13. The molecule has 1 rings (SSSR count). The number of amides is 1. The minimum atomic E-state index is -0.280. The summed E-state index contributed by atoms with van der Waals surface area (Å²) in [7, 11) is 3.69. The smallest absolute Gasteiger partial charge is 0.224 e. The Hall–Kier alpha value is -0.850. The summed E-state index contributed by atoms with van der Waals surface area (Å²) in [5.74, 6) is -0.261. The molecule has 0 saturated carbocycles. The van der Waals surface area contributed by atoms with Crippen molar-refractivity contribution in [1.29, 1.82) is 0 Å². The predicted octanol–water partition coefficient (Wildman–Crippen LogP) is 1.86. The fraction of sp³-hybridized carbons (Fsp3) is 0.562. The van der Waals surface area contributed by atoms with E-state index in [9.17, 15) is 4.79 Å². The first-order chi connectivity index (χ1) is 10.1. The molecule has 0 bridgehead atoms. The standard InChI is InChI=1S/C16H27N3O2.2ClH/c1-13(15(17)14-7-5-4-6-8-14)16(20)18-9-10-19(2)11-12-21-3;;/h4-8,13,15H,9-12,17H2,1-3H3,(H,18,20);2*1H. The van der Waals surface area contributed by atoms with Crippen molar-refractivity contribution in [3.8, 4) is 0 Å². The molecule has 0 heterocycles. The Morgan fingerprint density at radius 1 is 1.26 bits per heavy atom. The highest BCUT2D eigenvalue weighted by Gasteiger charge is 2.21. The van der Waals surface area contributed by atoms with E-state index in [1.165, 1.54) is 0 Å². The number of benzene rings is 1. The number of rotatable bonds is 9. The van der Waals surface area contributed by atoms with Crippen LogP contribution in [0, 0.1) is 5.92 Å². The molecule has 0 aromatic heterocycles. The van der Waals surface area contributed by atoms with Gasteiger partial charge in [0.1, 0.15) is 0 Å². The molecular formula is C16H29Cl2N3O2. The maximum atomic E-state index is 12.1. The third kappa shape index (κ3) is 9.13. The quantitative estimate of drug-likeness (QED) is 0.700. The van der Waals surface area contributed by atoms with Crippen molar-refractivity contribution in [3.05, 3.63) is 35.9 Å². The Labute approximate surface area is 151 Å². The van der Waals surface area contributed by atoms with Crippen molar-refractivity contribution in [2.45, 2.75) is 13.0 Å². The number of hydrogen-bond acceptors (Lipinski definition) is 4. The first-order valence-corrected chi connectivity index (χ1v) is 7.32. The van der Waals surface area contributed by atoms with Crippen molar-refractivity contribution in [2.75, 3.05) is 40.4 Å². The van der Waals surface area contributed by atoms with Gasteiger partial charge in [-0.1, -0.05) is 37.3 Å². The number of nitrogens with two attached hydrogens (primary N) is 1. The molecule has 0 radical (unpaired) electrons. The number of ether oxygens (including phenoxy) is 1. The molecule has 2 unspecified atom stereocenters. The van der Waals surface area contributed by atoms with E-state index in [4.69, 9.17) is 10.5 Å². The normalized spacial score (nSPS) is 12.7. The van der Waals surface area contributed by atoms with Crippen molar-refractivity contribution in [2.24, 2.45) is 11.7 Å². The molecule has 0 spiro atoms. The second-order valence-corrected chi connectivity index (χ2v) is 5.31. The number of carbonyl (C=O) groups excluding carboxylic acids is 1. The van der Waals surface area contributed by atoms with E-state index >= 15 is 0 Å². The fourth-order valence-corrected chi connectivity index (χ4v) is 2.02. The summed E-state index contributed by atoms with van der Waals surface area (Å²) in [4.78, 5) is 14.2. The third-order valence-corrected chi connectivity index (χ3v) is 3.61. The molecule has 0 aliphatic heterocycles. The third-order valence-electron chi connectivity index (χ3n) is 3.61. The zero-order valence-electron chi connectivity index (χ0n) is 14.0. The number of methoxy groups -OCH3 is 1. The number of hydrogen-bond donors (Lipinski definition) is 2. The Morgan fingerprint density at radius 3 is 2.43 bits per heavy atom. The molecule has 1 amide bonds. The van der Waals surface area contributed by atoms with Crippen LogP contribution >= 0.6 is 24.8 Å². The van der Waals surface area contributed by atoms with Gasteiger partial charge in [0.15, 0.2) is 0 Å². The van der Waals surface area contributed by atoms with Gasteiger partial charge < -0.3 is 20.7 Å². The number of nitrogens with one attached hydrogen (secondary N) is 1. The number of carbonyl (C=O) groups is 1. The zero-order chi connectivity index (χ0) is 15.7. The molecule has 2 atom stereocenters. The highest BCUT2D eigenvalue weighted by molar-refractivity contribution is 5.85. The van der Waals surface area contributed by atoms with Crippen LogP contribution in [0.4, 0.5) is 0 Å². The van der Waals surface area contributed by atoms with Gasteiger partial charge in [0.25, 0.3) is 0 Å². The van der Waals surface area contributed by atoms with Crippen LogP contribution in [0.1, 0.15) is 18.5 Å². The van der Waals surface area contributed by atoms with E-state index < -0.39 is 0 Å². The fourth-order valence-electron chi connectivity index (χ4n) is 2.02. The van der Waals surface area contributed by atoms with Crippen molar-refractivity contribution < 1.29 is 9.53 Å². The Balaban J connectivity index is 0. The molecule has 1 aromatic carbocycles. The summed E-state index contributed by atoms with van der Waals surface area (Å²) < 4.78 is 5.01. The zero-order valence-corrected chi connectivity index (χ0v) is 15.7. The van der Waals surface area contributed by atoms with E-state index in [2.05, 4.69) is 10.2 Å². The van der Waals surface area contributed by atoms with E-state index in [-0.39, 0.29) is 42.7 Å². The van der Waals surface area contributed by atoms with Gasteiger partial charge in [0, 0.05) is 32.8 Å². The molecule has 23 heavy (non-hydrogen) atoms. The van der Waals surface area contributed by atoms with Crippen LogP contribution in [0.3, 0.4) is 0 Å². The van der Waals surface area contributed by atoms with Gasteiger partial charge in [-0.05, 0) is 12.6 Å². The molecule has 0 aliphatic carbocycles. The van der Waals surface area contributed by atoms with Crippen LogP contribution in [-0.4, -0.2) is 51.2 Å². The molecule has 3 N–H and O–H groups in total. The molecule has 5 nitrogen and oxygen atoms in total. The Bertz CT molecular complexity index is 421. The minimum Gasteiger partial charge on any atom is -0.383 e. The van der Waals surface area contributed by atoms with Gasteiger partial charge in [-0.15, -0.1) is 24.8 Å².